The van der Waals surface area contributed by atoms with Gasteiger partial charge in [0.25, 0.3) is 0 Å². The predicted octanol–water partition coefficient (Wildman–Crippen LogP) is 3.86. The normalized spacial score (nSPS) is 28.6. The molecule has 1 fully saturated rings. The maximum Gasteiger partial charge on any atom is 0.418 e. The number of nitrogens with zero attached hydrogens (tertiary/aromatic N) is 1. The zero-order valence-corrected chi connectivity index (χ0v) is 13.2. The van der Waals surface area contributed by atoms with Crippen LogP contribution in [0.5, 0.6) is 5.75 Å². The number of hydrogen-bond acceptors (Lipinski definition) is 4. The summed E-state index contributed by atoms with van der Waals surface area (Å²) >= 11 is 1.66. The molecule has 0 radical (unpaired) electrons. The molecule has 108 valence electrons. The zero-order chi connectivity index (χ0) is 14.8. The minimum absolute atomic E-state index is 0.0152. The first-order valence-corrected chi connectivity index (χ1v) is 7.45. The van der Waals surface area contributed by atoms with E-state index in [9.17, 15) is 4.79 Å². The largest absolute Gasteiger partial charge is 0.455 e. The number of carbonyl (C=O) groups is 1. The number of carbonyl (C=O) groups excluding carboxylic acids is 1. The molecule has 1 aromatic rings. The molecule has 5 heteroatoms. The summed E-state index contributed by atoms with van der Waals surface area (Å²) in [4.78, 5) is 13.9. The average Bonchev–Trinajstić information content (AvgIpc) is 2.73. The first-order valence-electron chi connectivity index (χ1n) is 6.63. The number of methoxy groups -OCH3 is 1. The standard InChI is InChI=1S/C15H19NO3S/c1-13(2)14(3,4)20-15(13)16(12(17)18-5)10-8-6-7-9-11(10)19-15/h6-9H,1-5H3. The number of amides is 1. The van der Waals surface area contributed by atoms with E-state index < -0.39 is 5.06 Å². The Morgan fingerprint density at radius 1 is 1.25 bits per heavy atom. The SMILES string of the molecule is COC(=O)N1c2ccccc2OC12SC(C)(C)C2(C)C. The summed E-state index contributed by atoms with van der Waals surface area (Å²) in [5, 5.41) is -0.729. The van der Waals surface area contributed by atoms with Gasteiger partial charge in [-0.15, -0.1) is 0 Å². The van der Waals surface area contributed by atoms with Crippen molar-refractivity contribution in [1.29, 1.82) is 0 Å². The van der Waals surface area contributed by atoms with E-state index in [4.69, 9.17) is 9.47 Å². The second kappa shape index (κ2) is 3.85. The van der Waals surface area contributed by atoms with E-state index in [-0.39, 0.29) is 16.3 Å². The van der Waals surface area contributed by atoms with Gasteiger partial charge in [-0.1, -0.05) is 37.7 Å². The van der Waals surface area contributed by atoms with E-state index in [2.05, 4.69) is 27.7 Å². The Kier molecular flexibility index (Phi) is 2.62. The molecule has 0 N–H and O–H groups in total. The zero-order valence-electron chi connectivity index (χ0n) is 12.4. The third kappa shape index (κ3) is 1.36. The summed E-state index contributed by atoms with van der Waals surface area (Å²) in [7, 11) is 1.40. The molecule has 1 unspecified atom stereocenters. The summed E-state index contributed by atoms with van der Waals surface area (Å²) < 4.78 is 11.2. The van der Waals surface area contributed by atoms with Crippen molar-refractivity contribution in [1.82, 2.24) is 0 Å². The molecule has 4 nitrogen and oxygen atoms in total. The Bertz CT molecular complexity index is 584. The highest BCUT2D eigenvalue weighted by Gasteiger charge is 2.74. The Morgan fingerprint density at radius 3 is 2.45 bits per heavy atom. The minimum Gasteiger partial charge on any atom is -0.455 e. The lowest BCUT2D eigenvalue weighted by Gasteiger charge is -2.64. The lowest BCUT2D eigenvalue weighted by Crippen LogP contribution is -2.74. The lowest BCUT2D eigenvalue weighted by molar-refractivity contribution is -0.000270. The van der Waals surface area contributed by atoms with Crippen molar-refractivity contribution in [2.24, 2.45) is 5.41 Å². The number of thioether (sulfide) groups is 1. The molecule has 1 aromatic carbocycles. The topological polar surface area (TPSA) is 38.8 Å². The molecule has 0 aromatic heterocycles. The second-order valence-corrected chi connectivity index (χ2v) is 7.97. The van der Waals surface area contributed by atoms with Gasteiger partial charge in [0.05, 0.1) is 12.8 Å². The molecule has 3 rings (SSSR count). The molecule has 0 aliphatic carbocycles. The number of ether oxygens (including phenoxy) is 2. The van der Waals surface area contributed by atoms with E-state index in [1.54, 1.807) is 16.7 Å². The quantitative estimate of drug-likeness (QED) is 0.728. The Morgan fingerprint density at radius 2 is 1.90 bits per heavy atom. The van der Waals surface area contributed by atoms with Crippen LogP contribution < -0.4 is 9.64 Å². The van der Waals surface area contributed by atoms with E-state index in [0.29, 0.717) is 0 Å². The number of para-hydroxylation sites is 2. The van der Waals surface area contributed by atoms with Crippen LogP contribution in [0.2, 0.25) is 0 Å². The van der Waals surface area contributed by atoms with Gasteiger partial charge in [0.1, 0.15) is 5.75 Å². The molecular formula is C15H19NO3S. The molecule has 0 saturated carbocycles. The van der Waals surface area contributed by atoms with Gasteiger partial charge in [-0.25, -0.2) is 9.69 Å². The maximum absolute atomic E-state index is 12.3. The summed E-state index contributed by atoms with van der Waals surface area (Å²) in [5.41, 5.74) is 0.563. The second-order valence-electron chi connectivity index (χ2n) is 6.19. The van der Waals surface area contributed by atoms with Crippen molar-refractivity contribution in [2.75, 3.05) is 12.0 Å². The van der Waals surface area contributed by atoms with E-state index in [1.807, 2.05) is 24.3 Å². The van der Waals surface area contributed by atoms with Gasteiger partial charge in [-0.05, 0) is 26.0 Å². The number of benzene rings is 1. The monoisotopic (exact) mass is 293 g/mol. The third-order valence-electron chi connectivity index (χ3n) is 4.69. The van der Waals surface area contributed by atoms with Crippen molar-refractivity contribution < 1.29 is 14.3 Å². The summed E-state index contributed by atoms with van der Waals surface area (Å²) in [5.74, 6) is 0.731. The smallest absolute Gasteiger partial charge is 0.418 e. The fourth-order valence-electron chi connectivity index (χ4n) is 2.80. The van der Waals surface area contributed by atoms with Crippen LogP contribution in [0.3, 0.4) is 0 Å². The highest BCUT2D eigenvalue weighted by atomic mass is 32.2. The van der Waals surface area contributed by atoms with E-state index >= 15 is 0 Å². The predicted molar refractivity (Wildman–Crippen MR) is 80.1 cm³/mol. The molecule has 1 saturated heterocycles. The van der Waals surface area contributed by atoms with Gasteiger partial charge in [-0.3, -0.25) is 0 Å². The van der Waals surface area contributed by atoms with Gasteiger partial charge in [0.2, 0.25) is 5.06 Å². The molecule has 1 atom stereocenters. The fourth-order valence-corrected chi connectivity index (χ4v) is 4.64. The minimum atomic E-state index is -0.729. The van der Waals surface area contributed by atoms with E-state index in [1.165, 1.54) is 7.11 Å². The van der Waals surface area contributed by atoms with Gasteiger partial charge in [-0.2, -0.15) is 0 Å². The van der Waals surface area contributed by atoms with Crippen molar-refractivity contribution in [3.05, 3.63) is 24.3 Å². The molecule has 20 heavy (non-hydrogen) atoms. The Hall–Kier alpha value is -1.36. The molecule has 0 bridgehead atoms. The maximum atomic E-state index is 12.3. The van der Waals surface area contributed by atoms with Crippen LogP contribution in [0.15, 0.2) is 24.3 Å². The van der Waals surface area contributed by atoms with Crippen LogP contribution in [-0.4, -0.2) is 23.0 Å². The highest BCUT2D eigenvalue weighted by molar-refractivity contribution is 8.03. The Balaban J connectivity index is 2.13. The number of anilines is 1. The van der Waals surface area contributed by atoms with Gasteiger partial charge >= 0.3 is 6.09 Å². The van der Waals surface area contributed by atoms with Crippen LogP contribution in [0, 0.1) is 5.41 Å². The summed E-state index contributed by atoms with van der Waals surface area (Å²) in [6.45, 7) is 8.60. The van der Waals surface area contributed by atoms with Crippen LogP contribution >= 0.6 is 11.8 Å². The van der Waals surface area contributed by atoms with Crippen LogP contribution in [0.25, 0.3) is 0 Å². The lowest BCUT2D eigenvalue weighted by atomic mass is 9.76. The molecule has 2 aliphatic heterocycles. The first-order chi connectivity index (χ1) is 9.27. The number of rotatable bonds is 0. The van der Waals surface area contributed by atoms with Crippen molar-refractivity contribution in [3.8, 4) is 5.75 Å². The molecule has 2 heterocycles. The average molecular weight is 293 g/mol. The van der Waals surface area contributed by atoms with Crippen molar-refractivity contribution in [2.45, 2.75) is 37.5 Å². The summed E-state index contributed by atoms with van der Waals surface area (Å²) in [6, 6.07) is 7.60. The third-order valence-corrected chi connectivity index (χ3v) is 6.77. The highest BCUT2D eigenvalue weighted by Crippen LogP contribution is 2.72. The molecular weight excluding hydrogens is 274 g/mol. The van der Waals surface area contributed by atoms with Crippen LogP contribution in [0.1, 0.15) is 27.7 Å². The van der Waals surface area contributed by atoms with Crippen LogP contribution in [-0.2, 0) is 4.74 Å². The number of hydrogen-bond donors (Lipinski definition) is 0. The van der Waals surface area contributed by atoms with Crippen molar-refractivity contribution >= 4 is 23.5 Å². The molecule has 1 spiro atoms. The number of fused-ring (bicyclic) bond motifs is 1. The van der Waals surface area contributed by atoms with Crippen LogP contribution in [0.4, 0.5) is 10.5 Å². The molecule has 2 aliphatic rings. The Labute approximate surface area is 123 Å². The summed E-state index contributed by atoms with van der Waals surface area (Å²) in [6.07, 6.45) is -0.383. The van der Waals surface area contributed by atoms with Crippen molar-refractivity contribution in [3.63, 3.8) is 0 Å². The molecule has 1 amide bonds. The fraction of sp³-hybridized carbons (Fsp3) is 0.533. The van der Waals surface area contributed by atoms with E-state index in [0.717, 1.165) is 11.4 Å². The van der Waals surface area contributed by atoms with Gasteiger partial charge in [0, 0.05) is 10.2 Å². The first kappa shape index (κ1) is 13.6. The van der Waals surface area contributed by atoms with Gasteiger partial charge in [0.15, 0.2) is 0 Å². The van der Waals surface area contributed by atoms with Gasteiger partial charge < -0.3 is 9.47 Å².